The van der Waals surface area contributed by atoms with Crippen LogP contribution in [0.3, 0.4) is 0 Å². The van der Waals surface area contributed by atoms with Crippen molar-refractivity contribution in [1.29, 1.82) is 0 Å². The molecule has 0 aromatic heterocycles. The van der Waals surface area contributed by atoms with Crippen molar-refractivity contribution in [1.82, 2.24) is 15.1 Å². The molecule has 0 amide bonds. The highest BCUT2D eigenvalue weighted by Crippen LogP contribution is 2.23. The number of piperidine rings is 1. The van der Waals surface area contributed by atoms with Gasteiger partial charge < -0.3 is 10.2 Å². The Bertz CT molecular complexity index is 268. The van der Waals surface area contributed by atoms with Crippen molar-refractivity contribution in [2.45, 2.75) is 51.1 Å². The second-order valence-electron chi connectivity index (χ2n) is 6.63. The molecule has 3 aliphatic rings. The highest BCUT2D eigenvalue weighted by atomic mass is 15.3. The fraction of sp³-hybridized carbons (Fsp3) is 1.00. The predicted octanol–water partition coefficient (Wildman–Crippen LogP) is 1.54. The number of hydrogen-bond acceptors (Lipinski definition) is 3. The Hall–Kier alpha value is -0.120. The van der Waals surface area contributed by atoms with Crippen LogP contribution in [0.1, 0.15) is 39.0 Å². The van der Waals surface area contributed by atoms with E-state index in [0.29, 0.717) is 0 Å². The van der Waals surface area contributed by atoms with Crippen molar-refractivity contribution < 1.29 is 0 Å². The van der Waals surface area contributed by atoms with Crippen LogP contribution in [-0.2, 0) is 0 Å². The minimum absolute atomic E-state index is 0.742. The minimum Gasteiger partial charge on any atom is -0.312 e. The van der Waals surface area contributed by atoms with E-state index in [0.717, 1.165) is 18.0 Å². The Morgan fingerprint density at radius 2 is 1.94 bits per heavy atom. The fourth-order valence-electron chi connectivity index (χ4n) is 4.09. The predicted molar refractivity (Wildman–Crippen MR) is 75.8 cm³/mol. The van der Waals surface area contributed by atoms with Crippen LogP contribution in [0.15, 0.2) is 0 Å². The number of fused-ring (bicyclic) bond motifs is 1. The maximum absolute atomic E-state index is 3.74. The summed E-state index contributed by atoms with van der Waals surface area (Å²) >= 11 is 0. The maximum Gasteiger partial charge on any atom is 0.0223 e. The first kappa shape index (κ1) is 12.9. The summed E-state index contributed by atoms with van der Waals surface area (Å²) in [4.78, 5) is 5.48. The molecule has 3 unspecified atom stereocenters. The largest absolute Gasteiger partial charge is 0.312 e. The molecule has 18 heavy (non-hydrogen) atoms. The number of rotatable bonds is 2. The summed E-state index contributed by atoms with van der Waals surface area (Å²) in [5.41, 5.74) is 0. The van der Waals surface area contributed by atoms with E-state index in [9.17, 15) is 0 Å². The Labute approximate surface area is 112 Å². The second-order valence-corrected chi connectivity index (χ2v) is 6.63. The van der Waals surface area contributed by atoms with E-state index in [1.54, 1.807) is 0 Å². The van der Waals surface area contributed by atoms with Crippen molar-refractivity contribution in [3.63, 3.8) is 0 Å². The zero-order valence-corrected chi connectivity index (χ0v) is 11.9. The molecule has 3 fully saturated rings. The molecular weight excluding hydrogens is 222 g/mol. The first-order valence-electron chi connectivity index (χ1n) is 8.03. The lowest BCUT2D eigenvalue weighted by Gasteiger charge is -2.35. The van der Waals surface area contributed by atoms with Crippen LogP contribution in [0.4, 0.5) is 0 Å². The van der Waals surface area contributed by atoms with Gasteiger partial charge in [-0.15, -0.1) is 0 Å². The lowest BCUT2D eigenvalue weighted by atomic mass is 9.92. The van der Waals surface area contributed by atoms with Crippen molar-refractivity contribution in [3.05, 3.63) is 0 Å². The number of hydrogen-bond donors (Lipinski definition) is 1. The first-order valence-corrected chi connectivity index (χ1v) is 8.03. The number of nitrogens with one attached hydrogen (secondary N) is 1. The molecule has 3 saturated heterocycles. The van der Waals surface area contributed by atoms with Gasteiger partial charge in [-0.1, -0.05) is 6.92 Å². The zero-order chi connectivity index (χ0) is 12.4. The lowest BCUT2D eigenvalue weighted by molar-refractivity contribution is 0.174. The summed E-state index contributed by atoms with van der Waals surface area (Å²) in [5.74, 6) is 0.863. The third kappa shape index (κ3) is 2.89. The van der Waals surface area contributed by atoms with E-state index in [2.05, 4.69) is 22.0 Å². The van der Waals surface area contributed by atoms with E-state index in [1.165, 1.54) is 71.4 Å². The molecule has 3 nitrogen and oxygen atoms in total. The van der Waals surface area contributed by atoms with Crippen molar-refractivity contribution in [2.75, 3.05) is 39.3 Å². The summed E-state index contributed by atoms with van der Waals surface area (Å²) < 4.78 is 0. The molecule has 1 N–H and O–H groups in total. The molecule has 0 bridgehead atoms. The van der Waals surface area contributed by atoms with Gasteiger partial charge in [0.25, 0.3) is 0 Å². The van der Waals surface area contributed by atoms with E-state index < -0.39 is 0 Å². The average molecular weight is 251 g/mol. The standard InChI is InChI=1S/C15H29N3/c1-13-5-2-7-16-15(13)12-17-8-4-10-18-9-3-6-14(18)11-17/h13-16H,2-12H2,1H3. The molecule has 0 radical (unpaired) electrons. The topological polar surface area (TPSA) is 18.5 Å². The fourth-order valence-corrected chi connectivity index (χ4v) is 4.09. The van der Waals surface area contributed by atoms with Gasteiger partial charge in [0, 0.05) is 25.2 Å². The van der Waals surface area contributed by atoms with Gasteiger partial charge in [-0.2, -0.15) is 0 Å². The summed E-state index contributed by atoms with van der Waals surface area (Å²) in [5, 5.41) is 3.74. The van der Waals surface area contributed by atoms with Crippen LogP contribution in [0, 0.1) is 5.92 Å². The van der Waals surface area contributed by atoms with Gasteiger partial charge >= 0.3 is 0 Å². The maximum atomic E-state index is 3.74. The summed E-state index contributed by atoms with van der Waals surface area (Å²) in [6, 6.07) is 1.61. The summed E-state index contributed by atoms with van der Waals surface area (Å²) in [6.45, 7) is 10.3. The molecular formula is C15H29N3. The van der Waals surface area contributed by atoms with Gasteiger partial charge in [0.05, 0.1) is 0 Å². The van der Waals surface area contributed by atoms with E-state index in [4.69, 9.17) is 0 Å². The highest BCUT2D eigenvalue weighted by Gasteiger charge is 2.30. The molecule has 3 heteroatoms. The summed E-state index contributed by atoms with van der Waals surface area (Å²) in [6.07, 6.45) is 7.02. The van der Waals surface area contributed by atoms with Gasteiger partial charge in [0.15, 0.2) is 0 Å². The van der Waals surface area contributed by atoms with Crippen LogP contribution in [0.2, 0.25) is 0 Å². The molecule has 0 aromatic carbocycles. The molecule has 104 valence electrons. The molecule has 0 saturated carbocycles. The van der Waals surface area contributed by atoms with Gasteiger partial charge in [-0.3, -0.25) is 4.90 Å². The Kier molecular flexibility index (Phi) is 4.22. The van der Waals surface area contributed by atoms with Crippen LogP contribution in [0.25, 0.3) is 0 Å². The third-order valence-electron chi connectivity index (χ3n) is 5.27. The van der Waals surface area contributed by atoms with Crippen molar-refractivity contribution >= 4 is 0 Å². The molecule has 3 heterocycles. The average Bonchev–Trinajstić information content (AvgIpc) is 2.71. The summed E-state index contributed by atoms with van der Waals surface area (Å²) in [7, 11) is 0. The lowest BCUT2D eigenvalue weighted by Crippen LogP contribution is -2.49. The van der Waals surface area contributed by atoms with Crippen molar-refractivity contribution in [3.8, 4) is 0 Å². The molecule has 3 rings (SSSR count). The third-order valence-corrected chi connectivity index (χ3v) is 5.27. The zero-order valence-electron chi connectivity index (χ0n) is 11.9. The monoisotopic (exact) mass is 251 g/mol. The van der Waals surface area contributed by atoms with Gasteiger partial charge in [-0.25, -0.2) is 0 Å². The second kappa shape index (κ2) is 5.89. The van der Waals surface area contributed by atoms with Gasteiger partial charge in [0.1, 0.15) is 0 Å². The molecule has 3 aliphatic heterocycles. The van der Waals surface area contributed by atoms with E-state index >= 15 is 0 Å². The molecule has 3 atom stereocenters. The van der Waals surface area contributed by atoms with E-state index in [-0.39, 0.29) is 0 Å². The van der Waals surface area contributed by atoms with Crippen LogP contribution < -0.4 is 5.32 Å². The molecule has 0 aromatic rings. The highest BCUT2D eigenvalue weighted by molar-refractivity contribution is 4.88. The SMILES string of the molecule is CC1CCCNC1CN1CCCN2CCCC2C1. The number of nitrogens with zero attached hydrogens (tertiary/aromatic N) is 2. The van der Waals surface area contributed by atoms with Crippen LogP contribution >= 0.6 is 0 Å². The van der Waals surface area contributed by atoms with Gasteiger partial charge in [0.2, 0.25) is 0 Å². The van der Waals surface area contributed by atoms with Crippen molar-refractivity contribution in [2.24, 2.45) is 5.92 Å². The Balaban J connectivity index is 1.55. The van der Waals surface area contributed by atoms with E-state index in [1.807, 2.05) is 0 Å². The minimum atomic E-state index is 0.742. The first-order chi connectivity index (χ1) is 8.83. The molecule has 0 spiro atoms. The Morgan fingerprint density at radius 1 is 1.06 bits per heavy atom. The smallest absolute Gasteiger partial charge is 0.0223 e. The van der Waals surface area contributed by atoms with Crippen LogP contribution in [-0.4, -0.2) is 61.2 Å². The van der Waals surface area contributed by atoms with Gasteiger partial charge in [-0.05, 0) is 64.2 Å². The quantitative estimate of drug-likeness (QED) is 0.803. The normalized spacial score (nSPS) is 39.5. The van der Waals surface area contributed by atoms with Crippen LogP contribution in [0.5, 0.6) is 0 Å². The Morgan fingerprint density at radius 3 is 2.83 bits per heavy atom. The molecule has 0 aliphatic carbocycles.